The van der Waals surface area contributed by atoms with Crippen LogP contribution in [0.4, 0.5) is 5.95 Å². The molecule has 1 aliphatic carbocycles. The van der Waals surface area contributed by atoms with Gasteiger partial charge in [0.05, 0.1) is 0 Å². The van der Waals surface area contributed by atoms with Crippen molar-refractivity contribution in [1.29, 1.82) is 0 Å². The van der Waals surface area contributed by atoms with Crippen molar-refractivity contribution < 1.29 is 4.79 Å². The topological polar surface area (TPSA) is 72.7 Å². The molecule has 3 heterocycles. The molecule has 0 spiro atoms. The van der Waals surface area contributed by atoms with Crippen LogP contribution >= 0.6 is 0 Å². The summed E-state index contributed by atoms with van der Waals surface area (Å²) in [6.45, 7) is 2.07. The van der Waals surface area contributed by atoms with Gasteiger partial charge >= 0.3 is 0 Å². The van der Waals surface area contributed by atoms with E-state index in [4.69, 9.17) is 0 Å². The smallest absolute Gasteiger partial charge is 0.226 e. The van der Waals surface area contributed by atoms with Crippen LogP contribution in [0.25, 0.3) is 0 Å². The van der Waals surface area contributed by atoms with Crippen LogP contribution in [0.5, 0.6) is 0 Å². The quantitative estimate of drug-likeness (QED) is 0.761. The molecule has 134 valence electrons. The summed E-state index contributed by atoms with van der Waals surface area (Å²) >= 11 is 0. The normalized spacial score (nSPS) is 21.4. The number of Topliss-reactive ketones (excluding diaryl/α,β-unsaturated/α-hetero) is 1. The zero-order valence-corrected chi connectivity index (χ0v) is 15.0. The first-order valence-electron chi connectivity index (χ1n) is 9.10. The van der Waals surface area contributed by atoms with Gasteiger partial charge < -0.3 is 5.32 Å². The Kier molecular flexibility index (Phi) is 3.63. The second-order valence-electron chi connectivity index (χ2n) is 7.17. The molecule has 3 aromatic rings. The predicted octanol–water partition coefficient (Wildman–Crippen LogP) is 3.40. The zero-order valence-electron chi connectivity index (χ0n) is 15.0. The first kappa shape index (κ1) is 15.9. The summed E-state index contributed by atoms with van der Waals surface area (Å²) in [5, 5.41) is 7.70. The number of rotatable bonds is 2. The lowest BCUT2D eigenvalue weighted by Crippen LogP contribution is -2.33. The highest BCUT2D eigenvalue weighted by molar-refractivity contribution is 6.00. The SMILES string of the molecule is Cc1ccc([C@@H]2CC(=O)C3=C(C2)Nc2ncnn2[C@H]3c2cccnc2)cc1. The highest BCUT2D eigenvalue weighted by atomic mass is 16.1. The number of ketones is 1. The van der Waals surface area contributed by atoms with Crippen molar-refractivity contribution in [1.82, 2.24) is 19.7 Å². The first-order chi connectivity index (χ1) is 13.2. The summed E-state index contributed by atoms with van der Waals surface area (Å²) < 4.78 is 1.78. The molecule has 0 saturated carbocycles. The van der Waals surface area contributed by atoms with Crippen LogP contribution in [-0.2, 0) is 4.79 Å². The largest absolute Gasteiger partial charge is 0.328 e. The molecule has 6 heteroatoms. The second-order valence-corrected chi connectivity index (χ2v) is 7.17. The lowest BCUT2D eigenvalue weighted by Gasteiger charge is -2.35. The van der Waals surface area contributed by atoms with E-state index in [1.54, 1.807) is 17.1 Å². The number of aryl methyl sites for hydroxylation is 1. The molecular formula is C21H19N5O. The Labute approximate surface area is 157 Å². The number of nitrogens with zero attached hydrogens (tertiary/aromatic N) is 4. The fraction of sp³-hybridized carbons (Fsp3) is 0.238. The lowest BCUT2D eigenvalue weighted by atomic mass is 9.78. The van der Waals surface area contributed by atoms with E-state index in [-0.39, 0.29) is 17.7 Å². The van der Waals surface area contributed by atoms with E-state index >= 15 is 0 Å². The number of hydrogen-bond donors (Lipinski definition) is 1. The Bertz CT molecular complexity index is 1040. The van der Waals surface area contributed by atoms with Crippen molar-refractivity contribution in [3.63, 3.8) is 0 Å². The lowest BCUT2D eigenvalue weighted by molar-refractivity contribution is -0.116. The molecule has 0 radical (unpaired) electrons. The van der Waals surface area contributed by atoms with Crippen LogP contribution in [0.15, 0.2) is 66.4 Å². The van der Waals surface area contributed by atoms with Crippen molar-refractivity contribution in [2.75, 3.05) is 5.32 Å². The summed E-state index contributed by atoms with van der Waals surface area (Å²) in [4.78, 5) is 21.8. The van der Waals surface area contributed by atoms with E-state index in [0.717, 1.165) is 23.3 Å². The monoisotopic (exact) mass is 357 g/mol. The van der Waals surface area contributed by atoms with E-state index in [1.807, 2.05) is 12.1 Å². The van der Waals surface area contributed by atoms with Gasteiger partial charge in [0, 0.05) is 30.1 Å². The van der Waals surface area contributed by atoms with Gasteiger partial charge in [-0.2, -0.15) is 10.1 Å². The van der Waals surface area contributed by atoms with E-state index < -0.39 is 0 Å². The standard InChI is InChI=1S/C21H19N5O/c1-13-4-6-14(7-5-13)16-9-17-19(18(27)10-16)20(15-3-2-8-22-11-15)26-21(25-17)23-12-24-26/h2-8,11-12,16,20H,9-10H2,1H3,(H,23,24,25)/t16-,20-/m0/s1. The fourth-order valence-electron chi connectivity index (χ4n) is 4.07. The molecule has 1 aliphatic heterocycles. The summed E-state index contributed by atoms with van der Waals surface area (Å²) in [6.07, 6.45) is 6.34. The number of nitrogens with one attached hydrogen (secondary N) is 1. The number of aromatic nitrogens is 4. The van der Waals surface area contributed by atoms with Crippen LogP contribution in [0.3, 0.4) is 0 Å². The van der Waals surface area contributed by atoms with Gasteiger partial charge in [-0.15, -0.1) is 0 Å². The Morgan fingerprint density at radius 3 is 2.74 bits per heavy atom. The molecule has 2 aromatic heterocycles. The minimum Gasteiger partial charge on any atom is -0.328 e. The van der Waals surface area contributed by atoms with Crippen LogP contribution < -0.4 is 5.32 Å². The predicted molar refractivity (Wildman–Crippen MR) is 101 cm³/mol. The van der Waals surface area contributed by atoms with Crippen molar-refractivity contribution in [2.24, 2.45) is 0 Å². The highest BCUT2D eigenvalue weighted by Crippen LogP contribution is 2.43. The Hall–Kier alpha value is -3.28. The number of hydrogen-bond acceptors (Lipinski definition) is 5. The number of fused-ring (bicyclic) bond motifs is 1. The molecule has 1 aromatic carbocycles. The summed E-state index contributed by atoms with van der Waals surface area (Å²) in [7, 11) is 0. The van der Waals surface area contributed by atoms with Gasteiger partial charge in [-0.25, -0.2) is 4.68 Å². The minimum atomic E-state index is -0.279. The average molecular weight is 357 g/mol. The molecule has 5 rings (SSSR count). The Morgan fingerprint density at radius 1 is 1.11 bits per heavy atom. The van der Waals surface area contributed by atoms with E-state index in [9.17, 15) is 4.79 Å². The van der Waals surface area contributed by atoms with Gasteiger partial charge in [-0.1, -0.05) is 35.9 Å². The third-order valence-electron chi connectivity index (χ3n) is 5.41. The third kappa shape index (κ3) is 2.65. The minimum absolute atomic E-state index is 0.157. The molecule has 0 fully saturated rings. The number of allylic oxidation sites excluding steroid dienone is 2. The number of pyridine rings is 1. The van der Waals surface area contributed by atoms with Gasteiger partial charge in [0.1, 0.15) is 12.4 Å². The fourth-order valence-corrected chi connectivity index (χ4v) is 4.07. The maximum atomic E-state index is 13.2. The molecule has 6 nitrogen and oxygen atoms in total. The van der Waals surface area contributed by atoms with Gasteiger partial charge in [0.25, 0.3) is 0 Å². The molecule has 0 unspecified atom stereocenters. The van der Waals surface area contributed by atoms with Crippen molar-refractivity contribution in [3.8, 4) is 0 Å². The molecule has 0 amide bonds. The summed E-state index contributed by atoms with van der Waals surface area (Å²) in [5.74, 6) is 0.998. The van der Waals surface area contributed by atoms with Gasteiger partial charge in [-0.3, -0.25) is 9.78 Å². The molecule has 2 aliphatic rings. The van der Waals surface area contributed by atoms with Crippen LogP contribution in [0.2, 0.25) is 0 Å². The van der Waals surface area contributed by atoms with Crippen LogP contribution in [0, 0.1) is 6.92 Å². The highest BCUT2D eigenvalue weighted by Gasteiger charge is 2.39. The Morgan fingerprint density at radius 2 is 1.96 bits per heavy atom. The summed E-state index contributed by atoms with van der Waals surface area (Å²) in [5.41, 5.74) is 5.10. The number of carbonyl (C=O) groups excluding carboxylic acids is 1. The van der Waals surface area contributed by atoms with Gasteiger partial charge in [0.15, 0.2) is 5.78 Å². The molecule has 27 heavy (non-hydrogen) atoms. The molecule has 2 atom stereocenters. The maximum Gasteiger partial charge on any atom is 0.226 e. The van der Waals surface area contributed by atoms with Crippen molar-refractivity contribution >= 4 is 11.7 Å². The van der Waals surface area contributed by atoms with Crippen LogP contribution in [-0.4, -0.2) is 25.5 Å². The molecule has 0 bridgehead atoms. The maximum absolute atomic E-state index is 13.2. The van der Waals surface area contributed by atoms with E-state index in [1.165, 1.54) is 17.5 Å². The second kappa shape index (κ2) is 6.16. The van der Waals surface area contributed by atoms with Crippen molar-refractivity contribution in [2.45, 2.75) is 31.7 Å². The Balaban J connectivity index is 1.58. The molecule has 1 N–H and O–H groups in total. The third-order valence-corrected chi connectivity index (χ3v) is 5.41. The molecular weight excluding hydrogens is 338 g/mol. The first-order valence-corrected chi connectivity index (χ1v) is 9.10. The number of carbonyl (C=O) groups is 1. The van der Waals surface area contributed by atoms with Crippen molar-refractivity contribution in [3.05, 3.63) is 83.1 Å². The average Bonchev–Trinajstić information content (AvgIpc) is 3.15. The summed E-state index contributed by atoms with van der Waals surface area (Å²) in [6, 6.07) is 12.1. The van der Waals surface area contributed by atoms with Crippen LogP contribution in [0.1, 0.15) is 41.5 Å². The van der Waals surface area contributed by atoms with Gasteiger partial charge in [0.2, 0.25) is 5.95 Å². The van der Waals surface area contributed by atoms with E-state index in [2.05, 4.69) is 51.6 Å². The van der Waals surface area contributed by atoms with E-state index in [0.29, 0.717) is 12.4 Å². The molecule has 0 saturated heterocycles. The number of anilines is 1. The zero-order chi connectivity index (χ0) is 18.4. The number of benzene rings is 1. The van der Waals surface area contributed by atoms with Gasteiger partial charge in [-0.05, 0) is 36.5 Å².